The number of hydrogen-bond acceptors (Lipinski definition) is 10. The van der Waals surface area contributed by atoms with E-state index in [0.29, 0.717) is 25.0 Å². The highest BCUT2D eigenvalue weighted by molar-refractivity contribution is 9.11. The summed E-state index contributed by atoms with van der Waals surface area (Å²) in [6, 6.07) is 0. The van der Waals surface area contributed by atoms with Crippen LogP contribution in [0.15, 0.2) is 20.0 Å². The summed E-state index contributed by atoms with van der Waals surface area (Å²) >= 11 is 9.97. The molecule has 244 valence electrons. The largest absolute Gasteiger partial charge is 0.466 e. The van der Waals surface area contributed by atoms with Crippen LogP contribution in [0.1, 0.15) is 101 Å². The molecule has 4 saturated carbocycles. The molecule has 0 unspecified atom stereocenters. The number of aliphatic hydroxyl groups is 2. The lowest BCUT2D eigenvalue weighted by Gasteiger charge is -2.39. The summed E-state index contributed by atoms with van der Waals surface area (Å²) in [6.07, 6.45) is 14.6. The number of carbonyl (C=O) groups excluding carboxylic acids is 2. The lowest BCUT2D eigenvalue weighted by molar-refractivity contribution is -0.151. The van der Waals surface area contributed by atoms with Gasteiger partial charge >= 0.3 is 11.9 Å². The minimum Gasteiger partial charge on any atom is -0.466 e. The third-order valence-corrected chi connectivity index (χ3v) is 13.2. The van der Waals surface area contributed by atoms with Gasteiger partial charge in [-0.3, -0.25) is 9.59 Å². The van der Waals surface area contributed by atoms with Crippen molar-refractivity contribution in [3.63, 3.8) is 0 Å². The van der Waals surface area contributed by atoms with Crippen molar-refractivity contribution in [1.82, 2.24) is 9.97 Å². The molecule has 6 rings (SSSR count). The van der Waals surface area contributed by atoms with Crippen LogP contribution in [0.4, 0.5) is 0 Å². The highest BCUT2D eigenvalue weighted by atomic mass is 79.9. The Labute approximate surface area is 285 Å². The fourth-order valence-corrected chi connectivity index (χ4v) is 10.3. The van der Waals surface area contributed by atoms with Crippen molar-refractivity contribution >= 4 is 66.5 Å². The second-order valence-corrected chi connectivity index (χ2v) is 17.6. The molecule has 0 spiro atoms. The lowest BCUT2D eigenvalue weighted by atomic mass is 9.71. The number of rotatable bonds is 10. The highest BCUT2D eigenvalue weighted by Gasteiger charge is 2.54. The number of aromatic nitrogens is 2. The van der Waals surface area contributed by atoms with E-state index in [4.69, 9.17) is 9.47 Å². The van der Waals surface area contributed by atoms with Crippen molar-refractivity contribution in [3.8, 4) is 0 Å². The normalized spacial score (nSPS) is 28.1. The van der Waals surface area contributed by atoms with Crippen LogP contribution in [0.2, 0.25) is 0 Å². The van der Waals surface area contributed by atoms with E-state index in [0.717, 1.165) is 94.6 Å². The van der Waals surface area contributed by atoms with Gasteiger partial charge in [0.2, 0.25) is 0 Å². The average Bonchev–Trinajstić information content (AvgIpc) is 3.97. The smallest absolute Gasteiger partial charge is 0.308 e. The van der Waals surface area contributed by atoms with E-state index >= 15 is 0 Å². The van der Waals surface area contributed by atoms with E-state index in [-0.39, 0.29) is 35.6 Å². The van der Waals surface area contributed by atoms with Gasteiger partial charge in [-0.1, -0.05) is 0 Å². The van der Waals surface area contributed by atoms with Gasteiger partial charge in [-0.25, -0.2) is 9.97 Å². The standard InChI is InChI=1S/2C16H22BrNO3S/c2*1-2-21-14(19)10-3-5-11(6-4-10)16(20,12-7-8-12)15-18-9-13(17)22-15/h2*9-12,20H,2-8H2,1H3/t2*10?,11?,16-/m10/s1. The van der Waals surface area contributed by atoms with Crippen LogP contribution in [-0.4, -0.2) is 45.3 Å². The van der Waals surface area contributed by atoms with E-state index in [2.05, 4.69) is 41.8 Å². The first kappa shape index (κ1) is 34.4. The molecular formula is C32H44Br2N2O6S2. The number of halogens is 2. The maximum atomic E-state index is 11.9. The first-order valence-electron chi connectivity index (χ1n) is 16.1. The van der Waals surface area contributed by atoms with Crippen LogP contribution in [0, 0.1) is 35.5 Å². The zero-order valence-corrected chi connectivity index (χ0v) is 30.3. The summed E-state index contributed by atoms with van der Waals surface area (Å²) in [5.41, 5.74) is -1.62. The van der Waals surface area contributed by atoms with Gasteiger partial charge in [0, 0.05) is 0 Å². The monoisotopic (exact) mass is 774 g/mol. The van der Waals surface area contributed by atoms with Crippen LogP contribution in [-0.2, 0) is 30.3 Å². The first-order valence-corrected chi connectivity index (χ1v) is 19.3. The zero-order chi connectivity index (χ0) is 31.5. The van der Waals surface area contributed by atoms with Crippen molar-refractivity contribution in [2.75, 3.05) is 13.2 Å². The van der Waals surface area contributed by atoms with Gasteiger partial charge in [0.25, 0.3) is 0 Å². The predicted octanol–water partition coefficient (Wildman–Crippen LogP) is 7.75. The third kappa shape index (κ3) is 7.62. The van der Waals surface area contributed by atoms with E-state index < -0.39 is 11.2 Å². The maximum Gasteiger partial charge on any atom is 0.308 e. The van der Waals surface area contributed by atoms with Crippen molar-refractivity contribution < 1.29 is 29.3 Å². The maximum absolute atomic E-state index is 11.9. The Morgan fingerprint density at radius 3 is 1.20 bits per heavy atom. The second kappa shape index (κ2) is 14.9. The van der Waals surface area contributed by atoms with Gasteiger partial charge in [-0.05, 0) is 146 Å². The summed E-state index contributed by atoms with van der Waals surface area (Å²) < 4.78 is 12.2. The highest BCUT2D eigenvalue weighted by Crippen LogP contribution is 2.56. The average molecular weight is 777 g/mol. The number of thiazole rings is 2. The van der Waals surface area contributed by atoms with Gasteiger partial charge in [0.15, 0.2) is 0 Å². The Kier molecular flexibility index (Phi) is 11.6. The summed E-state index contributed by atoms with van der Waals surface area (Å²) in [5.74, 6) is 0.906. The summed E-state index contributed by atoms with van der Waals surface area (Å²) in [5, 5.41) is 24.5. The Morgan fingerprint density at radius 1 is 0.682 bits per heavy atom. The molecule has 0 aliphatic heterocycles. The fraction of sp³-hybridized carbons (Fsp3) is 0.750. The Bertz CT molecular complexity index is 1170. The minimum absolute atomic E-state index is 0.00249. The zero-order valence-electron chi connectivity index (χ0n) is 25.5. The molecule has 4 aliphatic carbocycles. The third-order valence-electron chi connectivity index (χ3n) is 9.98. The van der Waals surface area contributed by atoms with Crippen LogP contribution in [0.25, 0.3) is 0 Å². The molecule has 4 fully saturated rings. The van der Waals surface area contributed by atoms with E-state index in [1.807, 2.05) is 13.8 Å². The molecule has 12 heteroatoms. The molecule has 0 aromatic carbocycles. The van der Waals surface area contributed by atoms with Crippen molar-refractivity contribution in [1.29, 1.82) is 0 Å². The molecular weight excluding hydrogens is 732 g/mol. The molecule has 2 aromatic rings. The Morgan fingerprint density at radius 2 is 0.977 bits per heavy atom. The summed E-state index contributed by atoms with van der Waals surface area (Å²) in [7, 11) is 0. The van der Waals surface area contributed by atoms with Gasteiger partial charge < -0.3 is 19.7 Å². The molecule has 2 N–H and O–H groups in total. The van der Waals surface area contributed by atoms with Gasteiger partial charge in [0.1, 0.15) is 21.2 Å². The summed E-state index contributed by atoms with van der Waals surface area (Å²) in [4.78, 5) is 32.6. The number of hydrogen-bond donors (Lipinski definition) is 2. The van der Waals surface area contributed by atoms with E-state index in [1.165, 1.54) is 22.7 Å². The SMILES string of the molecule is CCOC(=O)C1CCC([C@@](O)(c2ncc(Br)s2)C2CC2)CC1.CCOC(=O)C1CCC([C@](O)(c2ncc(Br)s2)C2CC2)CC1. The van der Waals surface area contributed by atoms with Gasteiger partial charge in [0.05, 0.1) is 45.0 Å². The molecule has 0 radical (unpaired) electrons. The predicted molar refractivity (Wildman–Crippen MR) is 177 cm³/mol. The van der Waals surface area contributed by atoms with E-state index in [9.17, 15) is 19.8 Å². The molecule has 2 aromatic heterocycles. The van der Waals surface area contributed by atoms with Crippen molar-refractivity contribution in [3.05, 3.63) is 30.0 Å². The number of carbonyl (C=O) groups is 2. The van der Waals surface area contributed by atoms with Crippen LogP contribution in [0.5, 0.6) is 0 Å². The molecule has 4 aliphatic rings. The van der Waals surface area contributed by atoms with Crippen LogP contribution in [0.3, 0.4) is 0 Å². The molecule has 2 atom stereocenters. The molecule has 0 amide bonds. The fourth-order valence-electron chi connectivity index (χ4n) is 7.35. The molecule has 0 saturated heterocycles. The number of esters is 2. The van der Waals surface area contributed by atoms with Gasteiger partial charge in [-0.15, -0.1) is 22.7 Å². The summed E-state index contributed by atoms with van der Waals surface area (Å²) in [6.45, 7) is 4.57. The van der Waals surface area contributed by atoms with Crippen LogP contribution >= 0.6 is 54.5 Å². The number of ether oxygens (including phenoxy) is 2. The molecule has 44 heavy (non-hydrogen) atoms. The first-order chi connectivity index (χ1) is 21.1. The second-order valence-electron chi connectivity index (χ2n) is 12.7. The minimum atomic E-state index is -0.809. The topological polar surface area (TPSA) is 119 Å². The molecule has 8 nitrogen and oxygen atoms in total. The lowest BCUT2D eigenvalue weighted by Crippen LogP contribution is -2.40. The van der Waals surface area contributed by atoms with Gasteiger partial charge in [-0.2, -0.15) is 0 Å². The molecule has 0 bridgehead atoms. The molecule has 2 heterocycles. The quantitative estimate of drug-likeness (QED) is 0.236. The van der Waals surface area contributed by atoms with Crippen molar-refractivity contribution in [2.45, 2.75) is 102 Å². The van der Waals surface area contributed by atoms with Crippen LogP contribution < -0.4 is 0 Å². The number of nitrogens with zero attached hydrogens (tertiary/aromatic N) is 2. The van der Waals surface area contributed by atoms with E-state index in [1.54, 1.807) is 12.4 Å². The Hall–Kier alpha value is -0.920. The van der Waals surface area contributed by atoms with Crippen molar-refractivity contribution in [2.24, 2.45) is 35.5 Å². The Balaban J connectivity index is 0.000000175.